The van der Waals surface area contributed by atoms with E-state index in [0.717, 1.165) is 22.5 Å². The number of aromatic nitrogens is 3. The van der Waals surface area contributed by atoms with Crippen molar-refractivity contribution in [2.45, 2.75) is 0 Å². The van der Waals surface area contributed by atoms with Crippen LogP contribution in [0.25, 0.3) is 11.0 Å². The molecule has 1 amide bonds. The molecule has 2 heterocycles. The highest BCUT2D eigenvalue weighted by atomic mass is 16.1. The molecule has 0 atom stereocenters. The Hall–Kier alpha value is -3.09. The number of nitrogens with one attached hydrogen (secondary N) is 3. The maximum Gasteiger partial charge on any atom is 0.248 e. The molecule has 3 aromatic rings. The van der Waals surface area contributed by atoms with Crippen LogP contribution in [0.2, 0.25) is 0 Å². The van der Waals surface area contributed by atoms with Crippen molar-refractivity contribution in [3.63, 3.8) is 0 Å². The third kappa shape index (κ3) is 2.48. The molecule has 7 heteroatoms. The molecule has 0 unspecified atom stereocenters. The second kappa shape index (κ2) is 5.12. The fraction of sp³-hybridized carbons (Fsp3) is 0.0714. The van der Waals surface area contributed by atoms with Crippen molar-refractivity contribution in [3.8, 4) is 0 Å². The maximum atomic E-state index is 11.0. The van der Waals surface area contributed by atoms with Gasteiger partial charge < -0.3 is 21.4 Å². The number of hydrogen-bond acceptors (Lipinski definition) is 5. The molecule has 7 nitrogen and oxygen atoms in total. The highest BCUT2D eigenvalue weighted by molar-refractivity contribution is 5.93. The van der Waals surface area contributed by atoms with Crippen molar-refractivity contribution in [2.24, 2.45) is 5.73 Å². The molecule has 1 aromatic carbocycles. The van der Waals surface area contributed by atoms with E-state index in [1.54, 1.807) is 31.3 Å². The summed E-state index contributed by atoms with van der Waals surface area (Å²) in [6, 6.07) is 8.71. The average molecular weight is 282 g/mol. The summed E-state index contributed by atoms with van der Waals surface area (Å²) in [5.74, 6) is 0.738. The first-order valence-corrected chi connectivity index (χ1v) is 6.37. The van der Waals surface area contributed by atoms with Gasteiger partial charge in [0.25, 0.3) is 0 Å². The number of rotatable bonds is 4. The van der Waals surface area contributed by atoms with Crippen molar-refractivity contribution in [3.05, 3.63) is 42.1 Å². The van der Waals surface area contributed by atoms with Crippen LogP contribution < -0.4 is 16.4 Å². The van der Waals surface area contributed by atoms with E-state index in [-0.39, 0.29) is 0 Å². The molecular weight excluding hydrogens is 268 g/mol. The van der Waals surface area contributed by atoms with E-state index in [2.05, 4.69) is 25.6 Å². The lowest BCUT2D eigenvalue weighted by Gasteiger charge is -2.08. The van der Waals surface area contributed by atoms with Gasteiger partial charge in [-0.2, -0.15) is 9.97 Å². The van der Waals surface area contributed by atoms with Crippen LogP contribution >= 0.6 is 0 Å². The quantitative estimate of drug-likeness (QED) is 0.584. The van der Waals surface area contributed by atoms with E-state index < -0.39 is 5.91 Å². The number of primary amides is 1. The van der Waals surface area contributed by atoms with Gasteiger partial charge in [0.15, 0.2) is 0 Å². The van der Waals surface area contributed by atoms with Gasteiger partial charge in [0.05, 0.1) is 5.39 Å². The van der Waals surface area contributed by atoms with E-state index in [9.17, 15) is 4.79 Å². The van der Waals surface area contributed by atoms with E-state index in [4.69, 9.17) is 5.73 Å². The van der Waals surface area contributed by atoms with E-state index in [0.29, 0.717) is 11.5 Å². The number of benzene rings is 1. The number of carbonyl (C=O) groups is 1. The molecule has 5 N–H and O–H groups in total. The number of aromatic amines is 1. The normalized spacial score (nSPS) is 10.5. The Labute approximate surface area is 120 Å². The summed E-state index contributed by atoms with van der Waals surface area (Å²) in [6.07, 6.45) is 1.81. The van der Waals surface area contributed by atoms with Crippen molar-refractivity contribution in [2.75, 3.05) is 17.7 Å². The third-order valence-corrected chi connectivity index (χ3v) is 3.08. The molecule has 106 valence electrons. The molecule has 0 aliphatic rings. The van der Waals surface area contributed by atoms with Gasteiger partial charge in [-0.15, -0.1) is 0 Å². The number of nitrogens with two attached hydrogens (primary N) is 1. The fourth-order valence-electron chi connectivity index (χ4n) is 2.03. The third-order valence-electron chi connectivity index (χ3n) is 3.08. The number of hydrogen-bond donors (Lipinski definition) is 4. The summed E-state index contributed by atoms with van der Waals surface area (Å²) >= 11 is 0. The lowest BCUT2D eigenvalue weighted by molar-refractivity contribution is 0.100. The summed E-state index contributed by atoms with van der Waals surface area (Å²) in [4.78, 5) is 22.9. The summed E-state index contributed by atoms with van der Waals surface area (Å²) in [6.45, 7) is 0. The summed E-state index contributed by atoms with van der Waals surface area (Å²) in [5, 5.41) is 7.05. The van der Waals surface area contributed by atoms with E-state index >= 15 is 0 Å². The molecule has 2 aromatic heterocycles. The number of anilines is 3. The van der Waals surface area contributed by atoms with Crippen molar-refractivity contribution in [1.82, 2.24) is 15.0 Å². The highest BCUT2D eigenvalue weighted by Crippen LogP contribution is 2.22. The second-order valence-electron chi connectivity index (χ2n) is 4.45. The zero-order valence-electron chi connectivity index (χ0n) is 11.3. The molecule has 0 fully saturated rings. The molecule has 0 aliphatic heterocycles. The average Bonchev–Trinajstić information content (AvgIpc) is 2.95. The molecule has 0 saturated heterocycles. The van der Waals surface area contributed by atoms with Gasteiger partial charge >= 0.3 is 0 Å². The molecule has 0 saturated carbocycles. The maximum absolute atomic E-state index is 11.0. The number of fused-ring (bicyclic) bond motifs is 1. The van der Waals surface area contributed by atoms with Crippen molar-refractivity contribution >= 4 is 34.4 Å². The monoisotopic (exact) mass is 282 g/mol. The first kappa shape index (κ1) is 12.9. The van der Waals surface area contributed by atoms with Gasteiger partial charge in [-0.05, 0) is 30.3 Å². The molecule has 0 radical (unpaired) electrons. The number of carbonyl (C=O) groups excluding carboxylic acids is 1. The van der Waals surface area contributed by atoms with Crippen LogP contribution in [-0.2, 0) is 0 Å². The van der Waals surface area contributed by atoms with Crippen LogP contribution in [-0.4, -0.2) is 27.9 Å². The first-order valence-electron chi connectivity index (χ1n) is 6.37. The van der Waals surface area contributed by atoms with Crippen LogP contribution in [0.5, 0.6) is 0 Å². The van der Waals surface area contributed by atoms with Gasteiger partial charge in [-0.3, -0.25) is 4.79 Å². The fourth-order valence-corrected chi connectivity index (χ4v) is 2.03. The van der Waals surface area contributed by atoms with Gasteiger partial charge in [-0.1, -0.05) is 0 Å². The SMILES string of the molecule is CNc1nc(Nc2ccc(C(N)=O)cc2)nc2[nH]ccc12. The van der Waals surface area contributed by atoms with Crippen LogP contribution in [0.4, 0.5) is 17.5 Å². The first-order chi connectivity index (χ1) is 10.2. The molecular formula is C14H14N6O. The number of H-pyrrole nitrogens is 1. The number of nitrogens with zero attached hydrogens (tertiary/aromatic N) is 2. The van der Waals surface area contributed by atoms with Gasteiger partial charge in [0.2, 0.25) is 11.9 Å². The Morgan fingerprint density at radius 2 is 1.95 bits per heavy atom. The minimum atomic E-state index is -0.455. The lowest BCUT2D eigenvalue weighted by Crippen LogP contribution is -2.10. The largest absolute Gasteiger partial charge is 0.372 e. The Balaban J connectivity index is 1.92. The summed E-state index contributed by atoms with van der Waals surface area (Å²) in [5.41, 5.74) is 7.18. The number of amides is 1. The summed E-state index contributed by atoms with van der Waals surface area (Å²) < 4.78 is 0. The molecule has 3 rings (SSSR count). The van der Waals surface area contributed by atoms with Crippen LogP contribution in [0.3, 0.4) is 0 Å². The van der Waals surface area contributed by atoms with Gasteiger partial charge in [-0.25, -0.2) is 0 Å². The molecule has 0 aliphatic carbocycles. The summed E-state index contributed by atoms with van der Waals surface area (Å²) in [7, 11) is 1.81. The standard InChI is InChI=1S/C14H14N6O/c1-16-12-10-6-7-17-13(10)20-14(19-12)18-9-4-2-8(3-5-9)11(15)21/h2-7H,1H3,(H2,15,21)(H3,16,17,18,19,20). The van der Waals surface area contributed by atoms with Gasteiger partial charge in [0.1, 0.15) is 11.5 Å². The van der Waals surface area contributed by atoms with Crippen LogP contribution in [0.15, 0.2) is 36.5 Å². The molecule has 21 heavy (non-hydrogen) atoms. The highest BCUT2D eigenvalue weighted by Gasteiger charge is 2.08. The predicted octanol–water partition coefficient (Wildman–Crippen LogP) is 1.84. The molecule has 0 spiro atoms. The van der Waals surface area contributed by atoms with Crippen LogP contribution in [0, 0.1) is 0 Å². The zero-order chi connectivity index (χ0) is 14.8. The minimum absolute atomic E-state index is 0.455. The van der Waals surface area contributed by atoms with Crippen LogP contribution in [0.1, 0.15) is 10.4 Å². The predicted molar refractivity (Wildman–Crippen MR) is 81.7 cm³/mol. The van der Waals surface area contributed by atoms with Crippen molar-refractivity contribution < 1.29 is 4.79 Å². The smallest absolute Gasteiger partial charge is 0.248 e. The minimum Gasteiger partial charge on any atom is -0.372 e. The Kier molecular flexibility index (Phi) is 3.15. The Bertz CT molecular complexity index is 793. The second-order valence-corrected chi connectivity index (χ2v) is 4.45. The van der Waals surface area contributed by atoms with E-state index in [1.165, 1.54) is 0 Å². The molecule has 0 bridgehead atoms. The van der Waals surface area contributed by atoms with Crippen molar-refractivity contribution in [1.29, 1.82) is 0 Å². The van der Waals surface area contributed by atoms with E-state index in [1.807, 2.05) is 12.3 Å². The topological polar surface area (TPSA) is 109 Å². The Morgan fingerprint density at radius 3 is 2.62 bits per heavy atom. The van der Waals surface area contributed by atoms with Gasteiger partial charge in [0, 0.05) is 24.5 Å². The Morgan fingerprint density at radius 1 is 1.19 bits per heavy atom. The zero-order valence-corrected chi connectivity index (χ0v) is 11.3. The lowest BCUT2D eigenvalue weighted by atomic mass is 10.2.